The fourth-order valence-corrected chi connectivity index (χ4v) is 2.26. The van der Waals surface area contributed by atoms with Gasteiger partial charge in [0.1, 0.15) is 0 Å². The van der Waals surface area contributed by atoms with Crippen LogP contribution in [-0.4, -0.2) is 42.4 Å². The van der Waals surface area contributed by atoms with Gasteiger partial charge in [-0.2, -0.15) is 0 Å². The van der Waals surface area contributed by atoms with E-state index in [4.69, 9.17) is 9.47 Å². The second-order valence-corrected chi connectivity index (χ2v) is 4.93. The Morgan fingerprint density at radius 2 is 2.22 bits per heavy atom. The molecule has 0 radical (unpaired) electrons. The van der Waals surface area contributed by atoms with Crippen LogP contribution in [0.4, 0.5) is 0 Å². The van der Waals surface area contributed by atoms with Crippen molar-refractivity contribution in [3.63, 3.8) is 0 Å². The zero-order valence-corrected chi connectivity index (χ0v) is 11.2. The number of rotatable bonds is 3. The van der Waals surface area contributed by atoms with Gasteiger partial charge in [-0.3, -0.25) is 4.90 Å². The molecule has 4 nitrogen and oxygen atoms in total. The Kier molecular flexibility index (Phi) is 4.09. The quantitative estimate of drug-likeness (QED) is 0.892. The summed E-state index contributed by atoms with van der Waals surface area (Å²) < 4.78 is 10.7. The highest BCUT2D eigenvalue weighted by Gasteiger charge is 2.23. The number of ether oxygens (including phenoxy) is 2. The highest BCUT2D eigenvalue weighted by Crippen LogP contribution is 2.27. The van der Waals surface area contributed by atoms with E-state index in [1.54, 1.807) is 19.2 Å². The Hall–Kier alpha value is -1.26. The average molecular weight is 251 g/mol. The minimum Gasteiger partial charge on any atom is -0.504 e. The van der Waals surface area contributed by atoms with Gasteiger partial charge in [-0.1, -0.05) is 6.07 Å². The number of aromatic hydroxyl groups is 1. The molecule has 2 rings (SSSR count). The smallest absolute Gasteiger partial charge is 0.160 e. The predicted molar refractivity (Wildman–Crippen MR) is 69.9 cm³/mol. The standard InChI is InChI=1S/C14H21NO3/c1-10-9-18-11(2)7-15(10)8-12-4-5-14(17-3)13(16)6-12/h4-6,10-11,16H,7-9H2,1-3H3. The third-order valence-corrected chi connectivity index (χ3v) is 3.37. The van der Waals surface area contributed by atoms with Gasteiger partial charge in [-0.25, -0.2) is 0 Å². The molecule has 0 spiro atoms. The van der Waals surface area contributed by atoms with Crippen molar-refractivity contribution in [3.8, 4) is 11.5 Å². The van der Waals surface area contributed by atoms with Gasteiger partial charge >= 0.3 is 0 Å². The summed E-state index contributed by atoms with van der Waals surface area (Å²) in [6, 6.07) is 5.97. The zero-order chi connectivity index (χ0) is 13.1. The van der Waals surface area contributed by atoms with E-state index < -0.39 is 0 Å². The number of morpholine rings is 1. The molecule has 1 saturated heterocycles. The van der Waals surface area contributed by atoms with E-state index in [2.05, 4.69) is 18.7 Å². The molecule has 2 atom stereocenters. The van der Waals surface area contributed by atoms with Crippen molar-refractivity contribution in [2.75, 3.05) is 20.3 Å². The first kappa shape index (κ1) is 13.2. The lowest BCUT2D eigenvalue weighted by Crippen LogP contribution is -2.46. The zero-order valence-electron chi connectivity index (χ0n) is 11.2. The van der Waals surface area contributed by atoms with Gasteiger partial charge in [0.2, 0.25) is 0 Å². The molecule has 0 aromatic heterocycles. The molecule has 0 amide bonds. The summed E-state index contributed by atoms with van der Waals surface area (Å²) in [5.41, 5.74) is 1.09. The van der Waals surface area contributed by atoms with Gasteiger partial charge in [0.15, 0.2) is 11.5 Å². The number of nitrogens with zero attached hydrogens (tertiary/aromatic N) is 1. The van der Waals surface area contributed by atoms with E-state index in [0.29, 0.717) is 11.8 Å². The third kappa shape index (κ3) is 2.94. The molecule has 2 unspecified atom stereocenters. The lowest BCUT2D eigenvalue weighted by Gasteiger charge is -2.36. The molecule has 100 valence electrons. The van der Waals surface area contributed by atoms with Crippen LogP contribution in [0.15, 0.2) is 18.2 Å². The number of phenolic OH excluding ortho intramolecular Hbond substituents is 1. The molecule has 1 aliphatic rings. The molecular formula is C14H21NO3. The number of benzene rings is 1. The largest absolute Gasteiger partial charge is 0.504 e. The summed E-state index contributed by atoms with van der Waals surface area (Å²) in [4.78, 5) is 2.37. The van der Waals surface area contributed by atoms with E-state index in [9.17, 15) is 5.11 Å². The lowest BCUT2D eigenvalue weighted by molar-refractivity contribution is -0.0526. The summed E-state index contributed by atoms with van der Waals surface area (Å²) in [5, 5.41) is 9.77. The molecule has 1 aromatic carbocycles. The fourth-order valence-electron chi connectivity index (χ4n) is 2.26. The van der Waals surface area contributed by atoms with Crippen molar-refractivity contribution in [3.05, 3.63) is 23.8 Å². The number of hydrogen-bond donors (Lipinski definition) is 1. The van der Waals surface area contributed by atoms with Crippen LogP contribution >= 0.6 is 0 Å². The first-order valence-electron chi connectivity index (χ1n) is 6.31. The van der Waals surface area contributed by atoms with E-state index in [0.717, 1.165) is 25.3 Å². The van der Waals surface area contributed by atoms with Crippen LogP contribution in [0.3, 0.4) is 0 Å². The fraction of sp³-hybridized carbons (Fsp3) is 0.571. The Morgan fingerprint density at radius 1 is 1.44 bits per heavy atom. The van der Waals surface area contributed by atoms with Gasteiger partial charge in [0.05, 0.1) is 19.8 Å². The van der Waals surface area contributed by atoms with Gasteiger partial charge in [-0.05, 0) is 31.5 Å². The van der Waals surface area contributed by atoms with Gasteiger partial charge in [0, 0.05) is 19.1 Å². The van der Waals surface area contributed by atoms with Crippen LogP contribution in [0.5, 0.6) is 11.5 Å². The van der Waals surface area contributed by atoms with E-state index in [-0.39, 0.29) is 11.9 Å². The molecule has 1 N–H and O–H groups in total. The SMILES string of the molecule is COc1ccc(CN2CC(C)OCC2C)cc1O. The van der Waals surface area contributed by atoms with Crippen LogP contribution in [0.25, 0.3) is 0 Å². The summed E-state index contributed by atoms with van der Waals surface area (Å²) >= 11 is 0. The molecule has 0 aliphatic carbocycles. The van der Waals surface area contributed by atoms with Crippen molar-refractivity contribution in [2.24, 2.45) is 0 Å². The first-order chi connectivity index (χ1) is 8.60. The van der Waals surface area contributed by atoms with Gasteiger partial charge in [0.25, 0.3) is 0 Å². The summed E-state index contributed by atoms with van der Waals surface area (Å²) in [7, 11) is 1.56. The molecule has 1 aromatic rings. The highest BCUT2D eigenvalue weighted by molar-refractivity contribution is 5.41. The van der Waals surface area contributed by atoms with E-state index >= 15 is 0 Å². The Labute approximate surface area is 108 Å². The monoisotopic (exact) mass is 251 g/mol. The maximum atomic E-state index is 9.77. The molecule has 1 fully saturated rings. The molecule has 0 bridgehead atoms. The maximum absolute atomic E-state index is 9.77. The number of methoxy groups -OCH3 is 1. The molecule has 18 heavy (non-hydrogen) atoms. The van der Waals surface area contributed by atoms with Crippen molar-refractivity contribution in [2.45, 2.75) is 32.5 Å². The van der Waals surface area contributed by atoms with E-state index in [1.807, 2.05) is 6.07 Å². The average Bonchev–Trinajstić information content (AvgIpc) is 2.34. The third-order valence-electron chi connectivity index (χ3n) is 3.37. The summed E-state index contributed by atoms with van der Waals surface area (Å²) in [5.74, 6) is 0.714. The Balaban J connectivity index is 2.06. The Morgan fingerprint density at radius 3 is 2.89 bits per heavy atom. The number of hydrogen-bond acceptors (Lipinski definition) is 4. The minimum absolute atomic E-state index is 0.198. The second kappa shape index (κ2) is 5.59. The molecular weight excluding hydrogens is 230 g/mol. The number of phenols is 1. The minimum atomic E-state index is 0.198. The summed E-state index contributed by atoms with van der Waals surface area (Å²) in [6.45, 7) is 6.77. The topological polar surface area (TPSA) is 41.9 Å². The van der Waals surface area contributed by atoms with Crippen molar-refractivity contribution >= 4 is 0 Å². The van der Waals surface area contributed by atoms with Crippen LogP contribution < -0.4 is 4.74 Å². The van der Waals surface area contributed by atoms with Crippen LogP contribution in [-0.2, 0) is 11.3 Å². The molecule has 1 heterocycles. The van der Waals surface area contributed by atoms with Gasteiger partial charge < -0.3 is 14.6 Å². The predicted octanol–water partition coefficient (Wildman–Crippen LogP) is 2.01. The highest BCUT2D eigenvalue weighted by atomic mass is 16.5. The normalized spacial score (nSPS) is 25.1. The Bertz CT molecular complexity index is 408. The molecule has 4 heteroatoms. The lowest BCUT2D eigenvalue weighted by atomic mass is 10.1. The van der Waals surface area contributed by atoms with Crippen LogP contribution in [0.1, 0.15) is 19.4 Å². The first-order valence-corrected chi connectivity index (χ1v) is 6.31. The van der Waals surface area contributed by atoms with Crippen LogP contribution in [0, 0.1) is 0 Å². The van der Waals surface area contributed by atoms with Crippen LogP contribution in [0.2, 0.25) is 0 Å². The maximum Gasteiger partial charge on any atom is 0.160 e. The van der Waals surface area contributed by atoms with E-state index in [1.165, 1.54) is 0 Å². The van der Waals surface area contributed by atoms with Crippen molar-refractivity contribution < 1.29 is 14.6 Å². The van der Waals surface area contributed by atoms with Gasteiger partial charge in [-0.15, -0.1) is 0 Å². The molecule has 1 aliphatic heterocycles. The molecule has 0 saturated carbocycles. The van der Waals surface area contributed by atoms with Crippen molar-refractivity contribution in [1.29, 1.82) is 0 Å². The van der Waals surface area contributed by atoms with Crippen molar-refractivity contribution in [1.82, 2.24) is 4.90 Å². The summed E-state index contributed by atoms with van der Waals surface area (Å²) in [6.07, 6.45) is 0.271. The second-order valence-electron chi connectivity index (χ2n) is 4.93.